The predicted octanol–water partition coefficient (Wildman–Crippen LogP) is 2.46. The standard InChI is InChI=1S/C13H23NO2S/c1-10-7-12(9-17-10)14-6-2-3-11(8-14)4-5-13(15)16/h10-12H,2-9H2,1H3,(H,15,16). The van der Waals surface area contributed by atoms with Crippen LogP contribution in [0.4, 0.5) is 0 Å². The number of carbonyl (C=O) groups is 1. The maximum atomic E-state index is 10.6. The van der Waals surface area contributed by atoms with Crippen LogP contribution < -0.4 is 0 Å². The average Bonchev–Trinajstić information content (AvgIpc) is 2.74. The van der Waals surface area contributed by atoms with Crippen molar-refractivity contribution in [2.75, 3.05) is 18.8 Å². The minimum atomic E-state index is -0.646. The number of carboxylic acids is 1. The Labute approximate surface area is 108 Å². The van der Waals surface area contributed by atoms with E-state index in [2.05, 4.69) is 23.6 Å². The molecule has 3 nitrogen and oxygen atoms in total. The van der Waals surface area contributed by atoms with Crippen LogP contribution in [0.5, 0.6) is 0 Å². The molecule has 1 N–H and O–H groups in total. The van der Waals surface area contributed by atoms with Crippen LogP contribution in [-0.2, 0) is 4.79 Å². The number of hydrogen-bond acceptors (Lipinski definition) is 3. The molecule has 0 aromatic heterocycles. The molecule has 2 rings (SSSR count). The lowest BCUT2D eigenvalue weighted by atomic mass is 9.92. The van der Waals surface area contributed by atoms with E-state index in [4.69, 9.17) is 5.11 Å². The Kier molecular flexibility index (Phi) is 4.74. The van der Waals surface area contributed by atoms with Gasteiger partial charge in [0.1, 0.15) is 0 Å². The van der Waals surface area contributed by atoms with Crippen LogP contribution >= 0.6 is 11.8 Å². The highest BCUT2D eigenvalue weighted by Gasteiger charge is 2.30. The maximum Gasteiger partial charge on any atom is 0.303 e. The summed E-state index contributed by atoms with van der Waals surface area (Å²) < 4.78 is 0. The summed E-state index contributed by atoms with van der Waals surface area (Å²) in [5.41, 5.74) is 0. The van der Waals surface area contributed by atoms with Crippen molar-refractivity contribution in [3.8, 4) is 0 Å². The van der Waals surface area contributed by atoms with Gasteiger partial charge in [-0.1, -0.05) is 6.92 Å². The number of hydrogen-bond donors (Lipinski definition) is 1. The molecule has 98 valence electrons. The molecule has 0 spiro atoms. The van der Waals surface area contributed by atoms with E-state index < -0.39 is 5.97 Å². The van der Waals surface area contributed by atoms with Crippen molar-refractivity contribution in [3.05, 3.63) is 0 Å². The first-order valence-corrected chi connectivity index (χ1v) is 7.77. The molecule has 2 saturated heterocycles. The lowest BCUT2D eigenvalue weighted by Crippen LogP contribution is -2.43. The first-order valence-electron chi connectivity index (χ1n) is 6.72. The van der Waals surface area contributed by atoms with E-state index >= 15 is 0 Å². The largest absolute Gasteiger partial charge is 0.481 e. The van der Waals surface area contributed by atoms with Gasteiger partial charge in [-0.05, 0) is 38.1 Å². The van der Waals surface area contributed by atoms with Crippen LogP contribution in [-0.4, -0.2) is 46.1 Å². The second-order valence-electron chi connectivity index (χ2n) is 5.47. The van der Waals surface area contributed by atoms with Gasteiger partial charge in [-0.15, -0.1) is 0 Å². The molecular formula is C13H23NO2S. The second-order valence-corrected chi connectivity index (χ2v) is 6.94. The van der Waals surface area contributed by atoms with Crippen LogP contribution in [0.25, 0.3) is 0 Å². The van der Waals surface area contributed by atoms with Crippen molar-refractivity contribution < 1.29 is 9.90 Å². The average molecular weight is 257 g/mol. The van der Waals surface area contributed by atoms with E-state index in [1.165, 1.54) is 31.6 Å². The Balaban J connectivity index is 1.78. The van der Waals surface area contributed by atoms with Crippen LogP contribution in [0.3, 0.4) is 0 Å². The topological polar surface area (TPSA) is 40.5 Å². The molecule has 0 aromatic rings. The molecule has 2 fully saturated rings. The number of aliphatic carboxylic acids is 1. The van der Waals surface area contributed by atoms with Crippen molar-refractivity contribution >= 4 is 17.7 Å². The molecule has 3 atom stereocenters. The van der Waals surface area contributed by atoms with Gasteiger partial charge >= 0.3 is 5.97 Å². The normalized spacial score (nSPS) is 35.0. The fourth-order valence-electron chi connectivity index (χ4n) is 3.04. The molecule has 0 saturated carbocycles. The van der Waals surface area contributed by atoms with E-state index in [9.17, 15) is 4.79 Å². The summed E-state index contributed by atoms with van der Waals surface area (Å²) in [7, 11) is 0. The van der Waals surface area contributed by atoms with E-state index in [1.807, 2.05) is 0 Å². The van der Waals surface area contributed by atoms with Gasteiger partial charge in [-0.25, -0.2) is 0 Å². The number of piperidine rings is 1. The van der Waals surface area contributed by atoms with E-state index in [0.717, 1.165) is 24.3 Å². The van der Waals surface area contributed by atoms with Gasteiger partial charge in [0, 0.05) is 30.0 Å². The number of carboxylic acid groups (broad SMARTS) is 1. The van der Waals surface area contributed by atoms with E-state index in [-0.39, 0.29) is 0 Å². The maximum absolute atomic E-state index is 10.6. The molecule has 17 heavy (non-hydrogen) atoms. The van der Waals surface area contributed by atoms with Gasteiger partial charge in [0.25, 0.3) is 0 Å². The van der Waals surface area contributed by atoms with Crippen LogP contribution in [0, 0.1) is 5.92 Å². The predicted molar refractivity (Wildman–Crippen MR) is 71.5 cm³/mol. The highest BCUT2D eigenvalue weighted by molar-refractivity contribution is 8.00. The third kappa shape index (κ3) is 3.88. The zero-order valence-corrected chi connectivity index (χ0v) is 11.4. The molecule has 3 unspecified atom stereocenters. The Morgan fingerprint density at radius 3 is 3.00 bits per heavy atom. The number of likely N-dealkylation sites (tertiary alicyclic amines) is 1. The highest BCUT2D eigenvalue weighted by atomic mass is 32.2. The smallest absolute Gasteiger partial charge is 0.303 e. The van der Waals surface area contributed by atoms with Gasteiger partial charge in [0.05, 0.1) is 0 Å². The minimum Gasteiger partial charge on any atom is -0.481 e. The zero-order valence-electron chi connectivity index (χ0n) is 10.6. The van der Waals surface area contributed by atoms with Gasteiger partial charge in [-0.3, -0.25) is 9.69 Å². The molecule has 0 radical (unpaired) electrons. The Morgan fingerprint density at radius 2 is 2.35 bits per heavy atom. The first kappa shape index (κ1) is 13.2. The summed E-state index contributed by atoms with van der Waals surface area (Å²) >= 11 is 2.08. The van der Waals surface area contributed by atoms with Gasteiger partial charge < -0.3 is 5.11 Å². The monoisotopic (exact) mass is 257 g/mol. The third-order valence-electron chi connectivity index (χ3n) is 4.01. The molecule has 0 aromatic carbocycles. The van der Waals surface area contributed by atoms with Crippen LogP contribution in [0.2, 0.25) is 0 Å². The van der Waals surface area contributed by atoms with Gasteiger partial charge in [0.2, 0.25) is 0 Å². The molecular weight excluding hydrogens is 234 g/mol. The number of nitrogens with zero attached hydrogens (tertiary/aromatic N) is 1. The van der Waals surface area contributed by atoms with E-state index in [0.29, 0.717) is 12.3 Å². The fraction of sp³-hybridized carbons (Fsp3) is 0.923. The summed E-state index contributed by atoms with van der Waals surface area (Å²) in [5, 5.41) is 9.54. The zero-order chi connectivity index (χ0) is 12.3. The van der Waals surface area contributed by atoms with Crippen LogP contribution in [0.15, 0.2) is 0 Å². The van der Waals surface area contributed by atoms with Crippen molar-refractivity contribution in [2.45, 2.75) is 50.3 Å². The second kappa shape index (κ2) is 6.10. The van der Waals surface area contributed by atoms with Crippen molar-refractivity contribution in [3.63, 3.8) is 0 Å². The van der Waals surface area contributed by atoms with Crippen LogP contribution in [0.1, 0.15) is 39.0 Å². The Hall–Kier alpha value is -0.220. The summed E-state index contributed by atoms with van der Waals surface area (Å²) in [6, 6.07) is 0.752. The van der Waals surface area contributed by atoms with E-state index in [1.54, 1.807) is 0 Å². The summed E-state index contributed by atoms with van der Waals surface area (Å²) in [6.07, 6.45) is 4.99. The van der Waals surface area contributed by atoms with Crippen molar-refractivity contribution in [1.82, 2.24) is 4.90 Å². The molecule has 4 heteroatoms. The minimum absolute atomic E-state index is 0.342. The van der Waals surface area contributed by atoms with Gasteiger partial charge in [0.15, 0.2) is 0 Å². The molecule has 0 amide bonds. The highest BCUT2D eigenvalue weighted by Crippen LogP contribution is 2.32. The lowest BCUT2D eigenvalue weighted by molar-refractivity contribution is -0.137. The third-order valence-corrected chi connectivity index (χ3v) is 5.35. The first-order chi connectivity index (χ1) is 8.15. The van der Waals surface area contributed by atoms with Crippen molar-refractivity contribution in [2.24, 2.45) is 5.92 Å². The SMILES string of the molecule is CC1CC(N2CCCC(CCC(=O)O)C2)CS1. The Bertz CT molecular complexity index is 272. The molecule has 0 bridgehead atoms. The molecule has 0 aliphatic carbocycles. The summed E-state index contributed by atoms with van der Waals surface area (Å²) in [6.45, 7) is 4.67. The van der Waals surface area contributed by atoms with Gasteiger partial charge in [-0.2, -0.15) is 11.8 Å². The Morgan fingerprint density at radius 1 is 1.53 bits per heavy atom. The summed E-state index contributed by atoms with van der Waals surface area (Å²) in [4.78, 5) is 13.2. The number of thioether (sulfide) groups is 1. The fourth-order valence-corrected chi connectivity index (χ4v) is 4.30. The number of rotatable bonds is 4. The summed E-state index contributed by atoms with van der Waals surface area (Å²) in [5.74, 6) is 1.24. The molecule has 2 aliphatic rings. The molecule has 2 aliphatic heterocycles. The quantitative estimate of drug-likeness (QED) is 0.840. The lowest BCUT2D eigenvalue weighted by Gasteiger charge is -2.36. The molecule has 2 heterocycles. The van der Waals surface area contributed by atoms with Crippen molar-refractivity contribution in [1.29, 1.82) is 0 Å².